The summed E-state index contributed by atoms with van der Waals surface area (Å²) in [5, 5.41) is 17.1. The predicted molar refractivity (Wildman–Crippen MR) is 45.0 cm³/mol. The molecule has 1 aromatic carbocycles. The van der Waals surface area contributed by atoms with E-state index in [1.54, 1.807) is 0 Å². The summed E-state index contributed by atoms with van der Waals surface area (Å²) in [6.45, 7) is 0. The maximum absolute atomic E-state index is 10.2. The van der Waals surface area contributed by atoms with E-state index in [4.69, 9.17) is 10.2 Å². The van der Waals surface area contributed by atoms with Crippen LogP contribution in [0.15, 0.2) is 24.3 Å². The molecule has 1 rings (SSSR count). The van der Waals surface area contributed by atoms with E-state index in [1.165, 1.54) is 24.3 Å². The second kappa shape index (κ2) is 4.29. The molecule has 0 aliphatic heterocycles. The molecule has 0 unspecified atom stereocenters. The van der Waals surface area contributed by atoms with Gasteiger partial charge in [-0.1, -0.05) is 0 Å². The first-order chi connectivity index (χ1) is 4.70. The molecule has 4 heteroatoms. The number of rotatable bonds is 1. The minimum atomic E-state index is -0.986. The summed E-state index contributed by atoms with van der Waals surface area (Å²) in [6.07, 6.45) is 0. The molecule has 0 fully saturated rings. The summed E-state index contributed by atoms with van der Waals surface area (Å²) in [4.78, 5) is 10.2. The molecule has 0 aromatic heterocycles. The Balaban J connectivity index is 0.000001000. The Morgan fingerprint density at radius 1 is 1.18 bits per heavy atom. The van der Waals surface area contributed by atoms with Gasteiger partial charge in [-0.05, 0) is 24.3 Å². The molecule has 60 valence electrons. The molecule has 11 heavy (non-hydrogen) atoms. The topological polar surface area (TPSA) is 57.5 Å². The zero-order chi connectivity index (χ0) is 7.56. The van der Waals surface area contributed by atoms with Crippen LogP contribution in [0.5, 0.6) is 5.75 Å². The molecular weight excluding hydrogens is 341 g/mol. The van der Waals surface area contributed by atoms with Gasteiger partial charge in [0.15, 0.2) is 0 Å². The molecule has 0 heterocycles. The molecule has 0 saturated carbocycles. The Hall–Kier alpha value is -0.627. The molecule has 0 amide bonds. The Kier molecular flexibility index (Phi) is 4.05. The number of carboxylic acids is 1. The maximum atomic E-state index is 10.2. The molecular formula is C7H9BiO3. The fourth-order valence-electron chi connectivity index (χ4n) is 0.604. The van der Waals surface area contributed by atoms with Crippen LogP contribution >= 0.6 is 0 Å². The number of aromatic carboxylic acids is 1. The summed E-state index contributed by atoms with van der Waals surface area (Å²) >= 11 is 0. The van der Waals surface area contributed by atoms with Crippen LogP contribution in [0.1, 0.15) is 10.4 Å². The van der Waals surface area contributed by atoms with Crippen LogP contribution in [-0.2, 0) is 0 Å². The third-order valence-electron chi connectivity index (χ3n) is 1.11. The average molecular weight is 350 g/mol. The monoisotopic (exact) mass is 350 g/mol. The van der Waals surface area contributed by atoms with E-state index in [0.29, 0.717) is 0 Å². The summed E-state index contributed by atoms with van der Waals surface area (Å²) < 4.78 is 0. The van der Waals surface area contributed by atoms with Gasteiger partial charge < -0.3 is 10.2 Å². The second-order valence-electron chi connectivity index (χ2n) is 1.85. The number of carboxylic acid groups (broad SMARTS) is 1. The number of phenolic OH excluding ortho intramolecular Hbond substituents is 1. The standard InChI is InChI=1S/C7H6O3.Bi.3H/c8-6-3-1-5(2-4-6)7(9)10;;;;/h1-4,8H,(H,9,10);;;;. The Bertz CT molecular complexity index is 242. The zero-order valence-electron chi connectivity index (χ0n) is 5.82. The van der Waals surface area contributed by atoms with Gasteiger partial charge >= 0.3 is 32.2 Å². The van der Waals surface area contributed by atoms with Crippen molar-refractivity contribution in [2.24, 2.45) is 0 Å². The van der Waals surface area contributed by atoms with Crippen LogP contribution in [0.25, 0.3) is 0 Å². The third-order valence-corrected chi connectivity index (χ3v) is 1.11. The van der Waals surface area contributed by atoms with Gasteiger partial charge in [-0.25, -0.2) is 4.79 Å². The number of hydrogen-bond donors (Lipinski definition) is 2. The molecule has 0 radical (unpaired) electrons. The molecule has 1 aromatic rings. The quantitative estimate of drug-likeness (QED) is 0.696. The molecule has 0 saturated heterocycles. The van der Waals surface area contributed by atoms with E-state index < -0.39 is 5.97 Å². The van der Waals surface area contributed by atoms with Crippen molar-refractivity contribution in [3.05, 3.63) is 29.8 Å². The SMILES string of the molecule is O=C(O)c1ccc(O)cc1.[BiH3]. The first-order valence-corrected chi connectivity index (χ1v) is 2.72. The van der Waals surface area contributed by atoms with E-state index in [1.807, 2.05) is 0 Å². The first-order valence-electron chi connectivity index (χ1n) is 2.72. The fourth-order valence-corrected chi connectivity index (χ4v) is 0.604. The molecule has 2 N–H and O–H groups in total. The normalized spacial score (nSPS) is 8.36. The molecule has 0 aliphatic rings. The van der Waals surface area contributed by atoms with Crippen molar-refractivity contribution in [1.82, 2.24) is 0 Å². The number of aromatic hydroxyl groups is 1. The molecule has 0 spiro atoms. The van der Waals surface area contributed by atoms with Crippen molar-refractivity contribution in [2.45, 2.75) is 0 Å². The van der Waals surface area contributed by atoms with Crippen molar-refractivity contribution in [3.63, 3.8) is 0 Å². The minimum absolute atomic E-state index is 0. The molecule has 0 atom stereocenters. The Morgan fingerprint density at radius 2 is 1.64 bits per heavy atom. The van der Waals surface area contributed by atoms with Crippen molar-refractivity contribution in [1.29, 1.82) is 0 Å². The van der Waals surface area contributed by atoms with Crippen LogP contribution in [-0.4, -0.2) is 42.4 Å². The third kappa shape index (κ3) is 2.85. The van der Waals surface area contributed by atoms with Gasteiger partial charge in [-0.3, -0.25) is 0 Å². The van der Waals surface area contributed by atoms with Gasteiger partial charge in [0, 0.05) is 0 Å². The van der Waals surface area contributed by atoms with Crippen molar-refractivity contribution >= 4 is 32.2 Å². The van der Waals surface area contributed by atoms with Crippen LogP contribution in [0.3, 0.4) is 0 Å². The van der Waals surface area contributed by atoms with Gasteiger partial charge in [0.2, 0.25) is 0 Å². The van der Waals surface area contributed by atoms with Gasteiger partial charge in [0.05, 0.1) is 5.56 Å². The van der Waals surface area contributed by atoms with E-state index in [9.17, 15) is 4.79 Å². The van der Waals surface area contributed by atoms with Crippen LogP contribution in [0.4, 0.5) is 0 Å². The van der Waals surface area contributed by atoms with Gasteiger partial charge in [0.25, 0.3) is 0 Å². The van der Waals surface area contributed by atoms with Gasteiger partial charge in [-0.2, -0.15) is 0 Å². The first kappa shape index (κ1) is 10.4. The predicted octanol–water partition coefficient (Wildman–Crippen LogP) is -0.0935. The molecule has 3 nitrogen and oxygen atoms in total. The summed E-state index contributed by atoms with van der Waals surface area (Å²) in [7, 11) is 0. The Morgan fingerprint density at radius 3 is 2.00 bits per heavy atom. The number of hydrogen-bond acceptors (Lipinski definition) is 2. The Labute approximate surface area is 82.8 Å². The summed E-state index contributed by atoms with van der Waals surface area (Å²) in [5.41, 5.74) is 0.179. The van der Waals surface area contributed by atoms with E-state index in [-0.39, 0.29) is 37.5 Å². The second-order valence-corrected chi connectivity index (χ2v) is 1.85. The van der Waals surface area contributed by atoms with Crippen LogP contribution in [0.2, 0.25) is 0 Å². The van der Waals surface area contributed by atoms with Crippen LogP contribution in [0, 0.1) is 0 Å². The summed E-state index contributed by atoms with van der Waals surface area (Å²) in [6, 6.07) is 5.36. The van der Waals surface area contributed by atoms with Crippen molar-refractivity contribution in [2.75, 3.05) is 0 Å². The summed E-state index contributed by atoms with van der Waals surface area (Å²) in [5.74, 6) is -0.912. The number of carbonyl (C=O) groups is 1. The average Bonchev–Trinajstić information content (AvgIpc) is 1.88. The van der Waals surface area contributed by atoms with E-state index in [2.05, 4.69) is 0 Å². The number of benzene rings is 1. The van der Waals surface area contributed by atoms with E-state index >= 15 is 0 Å². The number of phenols is 1. The van der Waals surface area contributed by atoms with Crippen molar-refractivity contribution < 1.29 is 15.0 Å². The molecule has 0 bridgehead atoms. The van der Waals surface area contributed by atoms with Crippen molar-refractivity contribution in [3.8, 4) is 5.75 Å². The van der Waals surface area contributed by atoms with Gasteiger partial charge in [0.1, 0.15) is 5.75 Å². The van der Waals surface area contributed by atoms with Gasteiger partial charge in [-0.15, -0.1) is 0 Å². The fraction of sp³-hybridized carbons (Fsp3) is 0. The zero-order valence-corrected chi connectivity index (χ0v) is 11.3. The molecule has 0 aliphatic carbocycles. The van der Waals surface area contributed by atoms with E-state index in [0.717, 1.165) is 0 Å². The van der Waals surface area contributed by atoms with Crippen LogP contribution < -0.4 is 0 Å².